The first-order valence-corrected chi connectivity index (χ1v) is 19.5. The van der Waals surface area contributed by atoms with Gasteiger partial charge in [-0.15, -0.1) is 0 Å². The zero-order chi connectivity index (χ0) is 39.1. The van der Waals surface area contributed by atoms with Crippen LogP contribution < -0.4 is 15.6 Å². The summed E-state index contributed by atoms with van der Waals surface area (Å²) in [6, 6.07) is 19.2. The number of carbonyl (C=O) groups is 2. The highest BCUT2D eigenvalue weighted by Crippen LogP contribution is 2.42. The molecule has 0 bridgehead atoms. The molecule has 1 N–H and O–H groups in total. The van der Waals surface area contributed by atoms with E-state index in [9.17, 15) is 14.4 Å². The number of imide groups is 1. The van der Waals surface area contributed by atoms with Crippen LogP contribution in [0.2, 0.25) is 5.02 Å². The molecule has 2 atom stereocenters. The van der Waals surface area contributed by atoms with Crippen LogP contribution in [-0.4, -0.2) is 63.8 Å². The summed E-state index contributed by atoms with van der Waals surface area (Å²) < 4.78 is 39.1. The lowest BCUT2D eigenvalue weighted by atomic mass is 9.84. The van der Waals surface area contributed by atoms with Crippen LogP contribution in [0.15, 0.2) is 84.0 Å². The minimum absolute atomic E-state index is 0.119. The second-order valence-corrected chi connectivity index (χ2v) is 15.8. The summed E-state index contributed by atoms with van der Waals surface area (Å²) in [6.45, 7) is 2.76. The minimum Gasteiger partial charge on any atom is -0.496 e. The molecule has 0 radical (unpaired) electrons. The fourth-order valence-corrected chi connectivity index (χ4v) is 9.07. The van der Waals surface area contributed by atoms with Gasteiger partial charge < -0.3 is 9.30 Å². The lowest BCUT2D eigenvalue weighted by Gasteiger charge is -2.39. The van der Waals surface area contributed by atoms with Gasteiger partial charge in [0.15, 0.2) is 0 Å². The average Bonchev–Trinajstić information content (AvgIpc) is 3.18. The number of nitrogens with zero attached hydrogens (tertiary/aromatic N) is 4. The van der Waals surface area contributed by atoms with Gasteiger partial charge in [0.1, 0.15) is 5.75 Å². The smallest absolute Gasteiger partial charge is 0.267 e. The van der Waals surface area contributed by atoms with Gasteiger partial charge in [-0.05, 0) is 89.2 Å². The Labute approximate surface area is 329 Å². The van der Waals surface area contributed by atoms with Crippen LogP contribution in [0.25, 0.3) is 21.9 Å². The molecular formula is C44H44ClF2N5O4. The zero-order valence-electron chi connectivity index (χ0n) is 31.5. The number of likely N-dealkylation sites (tertiary alicyclic amines) is 1. The molecule has 290 valence electrons. The topological polar surface area (TPSA) is 96.8 Å². The molecule has 9 nitrogen and oxygen atoms in total. The fraction of sp³-hybridized carbons (Fsp3) is 0.364. The minimum atomic E-state index is -2.90. The lowest BCUT2D eigenvalue weighted by molar-refractivity contribution is -0.136. The van der Waals surface area contributed by atoms with Crippen molar-refractivity contribution in [2.24, 2.45) is 13.0 Å². The van der Waals surface area contributed by atoms with Crippen LogP contribution in [0.3, 0.4) is 0 Å². The summed E-state index contributed by atoms with van der Waals surface area (Å²) in [5.74, 6) is -3.90. The quantitative estimate of drug-likeness (QED) is 0.161. The number of pyridine rings is 2. The molecule has 3 aromatic carbocycles. The van der Waals surface area contributed by atoms with E-state index < -0.39 is 11.8 Å². The summed E-state index contributed by atoms with van der Waals surface area (Å²) in [5.41, 5.74) is 7.48. The van der Waals surface area contributed by atoms with Crippen LogP contribution in [0.1, 0.15) is 58.6 Å². The van der Waals surface area contributed by atoms with E-state index >= 15 is 8.78 Å². The molecule has 8 rings (SSSR count). The SMILES string of the molecule is COc1cc(-c2cn(C)c(=O)c3cnccc23)cc(Cl)c1CN1CCc2c(cccc2CN2CCC(c3ccc(CC4CCC(=O)NC4=O)cc3)C(F)(F)C2)C1. The van der Waals surface area contributed by atoms with Crippen molar-refractivity contribution < 1.29 is 23.1 Å². The van der Waals surface area contributed by atoms with Gasteiger partial charge >= 0.3 is 0 Å². The van der Waals surface area contributed by atoms with Gasteiger partial charge in [0, 0.05) is 80.3 Å². The number of alkyl halides is 2. The molecule has 2 saturated heterocycles. The number of hydrogen-bond donors (Lipinski definition) is 1. The fourth-order valence-electron chi connectivity index (χ4n) is 8.80. The second-order valence-electron chi connectivity index (χ2n) is 15.4. The standard InChI is InChI=1S/C44H44ClF2N5O4/c1-50-24-36(34-12-15-48-21-35(34)43(50)55)32-19-39(45)37(40(20-32)56-2)25-51-16-13-33-30(22-51)4-3-5-31(33)23-52-17-14-38(44(46,47)26-52)28-8-6-27(7-9-28)18-29-10-11-41(53)49-42(29)54/h3-9,12,15,19-21,24,29,38H,10-11,13-14,16-18,22-23,25-26H2,1-2H3,(H,49,53,54). The molecule has 2 aromatic heterocycles. The normalized spacial score (nSPS) is 20.2. The summed E-state index contributed by atoms with van der Waals surface area (Å²) in [4.78, 5) is 44.8. The number of rotatable bonds is 9. The third-order valence-electron chi connectivity index (χ3n) is 11.8. The summed E-state index contributed by atoms with van der Waals surface area (Å²) in [6.07, 6.45) is 7.52. The summed E-state index contributed by atoms with van der Waals surface area (Å²) >= 11 is 6.99. The maximum Gasteiger partial charge on any atom is 0.267 e. The molecule has 56 heavy (non-hydrogen) atoms. The number of fused-ring (bicyclic) bond motifs is 2. The van der Waals surface area contributed by atoms with E-state index in [-0.39, 0.29) is 29.8 Å². The monoisotopic (exact) mass is 779 g/mol. The third-order valence-corrected chi connectivity index (χ3v) is 12.1. The van der Waals surface area contributed by atoms with Crippen LogP contribution in [0.4, 0.5) is 8.78 Å². The van der Waals surface area contributed by atoms with Gasteiger partial charge in [-0.2, -0.15) is 0 Å². The van der Waals surface area contributed by atoms with Crippen LogP contribution in [0, 0.1) is 5.92 Å². The second kappa shape index (κ2) is 15.5. The Morgan fingerprint density at radius 1 is 0.964 bits per heavy atom. The molecule has 3 aliphatic rings. The molecular weight excluding hydrogens is 736 g/mol. The molecule has 2 amide bonds. The highest BCUT2D eigenvalue weighted by molar-refractivity contribution is 6.32. The highest BCUT2D eigenvalue weighted by Gasteiger charge is 2.45. The largest absolute Gasteiger partial charge is 0.496 e. The Balaban J connectivity index is 0.922. The van der Waals surface area contributed by atoms with Gasteiger partial charge in [-0.1, -0.05) is 54.1 Å². The first kappa shape index (κ1) is 37.9. The van der Waals surface area contributed by atoms with E-state index in [0.29, 0.717) is 73.6 Å². The van der Waals surface area contributed by atoms with Crippen molar-refractivity contribution in [1.82, 2.24) is 24.7 Å². The van der Waals surface area contributed by atoms with Crippen LogP contribution in [0.5, 0.6) is 5.75 Å². The van der Waals surface area contributed by atoms with Crippen molar-refractivity contribution in [3.63, 3.8) is 0 Å². The first-order chi connectivity index (χ1) is 27.0. The Hall–Kier alpha value is -4.97. The first-order valence-electron chi connectivity index (χ1n) is 19.1. The summed E-state index contributed by atoms with van der Waals surface area (Å²) in [7, 11) is 3.35. The van der Waals surface area contributed by atoms with E-state index in [4.69, 9.17) is 16.3 Å². The number of benzene rings is 3. The van der Waals surface area contributed by atoms with Gasteiger partial charge in [0.2, 0.25) is 11.8 Å². The lowest BCUT2D eigenvalue weighted by Crippen LogP contribution is -2.47. The predicted octanol–water partition coefficient (Wildman–Crippen LogP) is 7.04. The van der Waals surface area contributed by atoms with E-state index in [0.717, 1.165) is 46.2 Å². The van der Waals surface area contributed by atoms with Crippen molar-refractivity contribution in [3.8, 4) is 16.9 Å². The van der Waals surface area contributed by atoms with Gasteiger partial charge in [0.05, 0.1) is 25.0 Å². The van der Waals surface area contributed by atoms with Crippen molar-refractivity contribution in [2.75, 3.05) is 26.7 Å². The van der Waals surface area contributed by atoms with Crippen molar-refractivity contribution in [2.45, 2.75) is 63.6 Å². The number of carbonyl (C=O) groups excluding carboxylic acids is 2. The van der Waals surface area contributed by atoms with Crippen molar-refractivity contribution in [1.29, 1.82) is 0 Å². The Bertz CT molecular complexity index is 2380. The maximum absolute atomic E-state index is 15.8. The number of nitrogens with one attached hydrogen (secondary N) is 1. The van der Waals surface area contributed by atoms with Crippen molar-refractivity contribution >= 4 is 34.2 Å². The van der Waals surface area contributed by atoms with Crippen LogP contribution in [-0.2, 0) is 49.1 Å². The Morgan fingerprint density at radius 3 is 2.55 bits per heavy atom. The highest BCUT2D eigenvalue weighted by atomic mass is 35.5. The Morgan fingerprint density at radius 2 is 1.79 bits per heavy atom. The molecule has 0 spiro atoms. The maximum atomic E-state index is 15.8. The number of halogens is 3. The number of methoxy groups -OCH3 is 1. The number of ether oxygens (including phenoxy) is 1. The average molecular weight is 780 g/mol. The number of aromatic nitrogens is 2. The molecule has 0 saturated carbocycles. The number of aryl methyl sites for hydroxylation is 1. The molecule has 5 heterocycles. The summed E-state index contributed by atoms with van der Waals surface area (Å²) in [5, 5.41) is 4.28. The predicted molar refractivity (Wildman–Crippen MR) is 212 cm³/mol. The van der Waals surface area contributed by atoms with Crippen LogP contribution >= 0.6 is 11.6 Å². The third kappa shape index (κ3) is 7.60. The number of amides is 2. The van der Waals surface area contributed by atoms with E-state index in [1.807, 2.05) is 47.5 Å². The van der Waals surface area contributed by atoms with E-state index in [1.165, 1.54) is 11.1 Å². The van der Waals surface area contributed by atoms with E-state index in [2.05, 4.69) is 27.3 Å². The van der Waals surface area contributed by atoms with Gasteiger partial charge in [-0.25, -0.2) is 8.78 Å². The zero-order valence-corrected chi connectivity index (χ0v) is 32.3. The number of hydrogen-bond acceptors (Lipinski definition) is 7. The van der Waals surface area contributed by atoms with Gasteiger partial charge in [-0.3, -0.25) is 34.5 Å². The molecule has 0 aliphatic carbocycles. The molecule has 12 heteroatoms. The molecule has 2 unspecified atom stereocenters. The molecule has 2 fully saturated rings. The number of piperidine rings is 2. The van der Waals surface area contributed by atoms with Crippen molar-refractivity contribution in [3.05, 3.63) is 128 Å². The molecule has 3 aliphatic heterocycles. The molecule has 5 aromatic rings. The van der Waals surface area contributed by atoms with E-state index in [1.54, 1.807) is 43.3 Å². The van der Waals surface area contributed by atoms with Gasteiger partial charge in [0.25, 0.3) is 11.5 Å². The Kier molecular flexibility index (Phi) is 10.5.